The van der Waals surface area contributed by atoms with Gasteiger partial charge in [-0.15, -0.1) is 0 Å². The van der Waals surface area contributed by atoms with E-state index in [1.165, 1.54) is 12.0 Å². The summed E-state index contributed by atoms with van der Waals surface area (Å²) in [5.74, 6) is 1.58. The number of rotatable bonds is 0. The van der Waals surface area contributed by atoms with Crippen molar-refractivity contribution in [3.05, 3.63) is 23.3 Å². The normalized spacial score (nSPS) is 36.9. The molecule has 1 fully saturated rings. The zero-order valence-corrected chi connectivity index (χ0v) is 11.0. The molecule has 0 aromatic rings. The molecule has 0 heteroatoms. The Morgan fingerprint density at radius 3 is 2.40 bits per heavy atom. The van der Waals surface area contributed by atoms with E-state index in [-0.39, 0.29) is 0 Å². The Morgan fingerprint density at radius 2 is 1.80 bits per heavy atom. The summed E-state index contributed by atoms with van der Waals surface area (Å²) in [5, 5.41) is 0. The van der Waals surface area contributed by atoms with Gasteiger partial charge in [0.05, 0.1) is 0 Å². The summed E-state index contributed by atoms with van der Waals surface area (Å²) < 4.78 is 0. The lowest BCUT2D eigenvalue weighted by Crippen LogP contribution is -2.29. The fraction of sp³-hybridized carbons (Fsp3) is 0.733. The minimum absolute atomic E-state index is 0.349. The molecule has 0 amide bonds. The van der Waals surface area contributed by atoms with Gasteiger partial charge < -0.3 is 0 Å². The molecule has 0 radical (unpaired) electrons. The predicted molar refractivity (Wildman–Crippen MR) is 66.7 cm³/mol. The molecular weight excluding hydrogens is 180 g/mol. The molecule has 15 heavy (non-hydrogen) atoms. The lowest BCUT2D eigenvalue weighted by atomic mass is 9.67. The van der Waals surface area contributed by atoms with Gasteiger partial charge in [0.2, 0.25) is 0 Å². The second kappa shape index (κ2) is 2.99. The minimum atomic E-state index is 0.349. The topological polar surface area (TPSA) is 0 Å². The summed E-state index contributed by atoms with van der Waals surface area (Å²) >= 11 is 0. The maximum atomic E-state index is 2.46. The number of allylic oxidation sites excluding steroid dienone is 4. The molecule has 0 bridgehead atoms. The van der Waals surface area contributed by atoms with E-state index in [0.717, 1.165) is 11.8 Å². The summed E-state index contributed by atoms with van der Waals surface area (Å²) in [4.78, 5) is 0. The van der Waals surface area contributed by atoms with Crippen LogP contribution in [0, 0.1) is 22.7 Å². The fourth-order valence-corrected chi connectivity index (χ4v) is 4.15. The average Bonchev–Trinajstić information content (AvgIpc) is 2.19. The van der Waals surface area contributed by atoms with Gasteiger partial charge in [0.15, 0.2) is 0 Å². The van der Waals surface area contributed by atoms with E-state index in [1.54, 1.807) is 5.57 Å². The minimum Gasteiger partial charge on any atom is -0.0753 e. The summed E-state index contributed by atoms with van der Waals surface area (Å²) in [7, 11) is 0. The van der Waals surface area contributed by atoms with Gasteiger partial charge in [-0.3, -0.25) is 0 Å². The second-order valence-electron chi connectivity index (χ2n) is 6.85. The summed E-state index contributed by atoms with van der Waals surface area (Å²) in [5.41, 5.74) is 3.91. The highest BCUT2D eigenvalue weighted by Gasteiger charge is 2.48. The highest BCUT2D eigenvalue weighted by Crippen LogP contribution is 2.58. The molecule has 0 aliphatic heterocycles. The van der Waals surface area contributed by atoms with Gasteiger partial charge in [-0.25, -0.2) is 0 Å². The van der Waals surface area contributed by atoms with E-state index in [2.05, 4.69) is 53.7 Å². The Morgan fingerprint density at radius 1 is 1.20 bits per heavy atom. The van der Waals surface area contributed by atoms with Crippen molar-refractivity contribution in [2.45, 2.75) is 48.0 Å². The molecule has 2 atom stereocenters. The van der Waals surface area contributed by atoms with E-state index >= 15 is 0 Å². The first-order valence-electron chi connectivity index (χ1n) is 6.15. The van der Waals surface area contributed by atoms with E-state index in [1.807, 2.05) is 0 Å². The van der Waals surface area contributed by atoms with Crippen LogP contribution in [0.3, 0.4) is 0 Å². The van der Waals surface area contributed by atoms with E-state index in [4.69, 9.17) is 0 Å². The average molecular weight is 204 g/mol. The molecule has 84 valence electrons. The third-order valence-electron chi connectivity index (χ3n) is 4.30. The molecule has 2 aliphatic carbocycles. The molecule has 0 aromatic carbocycles. The van der Waals surface area contributed by atoms with Crippen LogP contribution >= 0.6 is 0 Å². The summed E-state index contributed by atoms with van der Waals surface area (Å²) in [6.45, 7) is 14.3. The fourth-order valence-electron chi connectivity index (χ4n) is 4.15. The van der Waals surface area contributed by atoms with Crippen molar-refractivity contribution >= 4 is 0 Å². The van der Waals surface area contributed by atoms with Crippen LogP contribution < -0.4 is 0 Å². The number of hydrogen-bond donors (Lipinski definition) is 0. The van der Waals surface area contributed by atoms with E-state index in [9.17, 15) is 0 Å². The zero-order chi connectivity index (χ0) is 11.4. The molecule has 2 rings (SSSR count). The lowest BCUT2D eigenvalue weighted by molar-refractivity contribution is 0.263. The summed E-state index contributed by atoms with van der Waals surface area (Å²) in [6, 6.07) is 0. The van der Waals surface area contributed by atoms with Crippen LogP contribution in [-0.4, -0.2) is 0 Å². The zero-order valence-electron chi connectivity index (χ0n) is 11.0. The molecule has 0 saturated heterocycles. The Hall–Kier alpha value is -0.520. The Labute approximate surface area is 94.5 Å². The van der Waals surface area contributed by atoms with Gasteiger partial charge in [-0.1, -0.05) is 57.9 Å². The van der Waals surface area contributed by atoms with Crippen molar-refractivity contribution in [2.24, 2.45) is 22.7 Å². The largest absolute Gasteiger partial charge is 0.0753 e. The van der Waals surface area contributed by atoms with Crippen molar-refractivity contribution in [2.75, 3.05) is 0 Å². The third kappa shape index (κ3) is 1.58. The highest BCUT2D eigenvalue weighted by molar-refractivity contribution is 5.38. The highest BCUT2D eigenvalue weighted by atomic mass is 14.5. The van der Waals surface area contributed by atoms with Gasteiger partial charge in [-0.2, -0.15) is 0 Å². The van der Waals surface area contributed by atoms with Gasteiger partial charge in [0.1, 0.15) is 0 Å². The van der Waals surface area contributed by atoms with Gasteiger partial charge in [-0.05, 0) is 36.0 Å². The second-order valence-corrected chi connectivity index (χ2v) is 6.85. The van der Waals surface area contributed by atoms with Crippen LogP contribution in [0.5, 0.6) is 0 Å². The van der Waals surface area contributed by atoms with E-state index < -0.39 is 0 Å². The van der Waals surface area contributed by atoms with Crippen LogP contribution in [0.25, 0.3) is 0 Å². The van der Waals surface area contributed by atoms with Crippen molar-refractivity contribution in [3.8, 4) is 0 Å². The number of hydrogen-bond acceptors (Lipinski definition) is 0. The van der Waals surface area contributed by atoms with Crippen LogP contribution in [-0.2, 0) is 0 Å². The Bertz CT molecular complexity index is 339. The molecular formula is C15H24. The first kappa shape index (κ1) is 11.0. The molecule has 2 unspecified atom stereocenters. The van der Waals surface area contributed by atoms with Crippen molar-refractivity contribution in [3.63, 3.8) is 0 Å². The van der Waals surface area contributed by atoms with E-state index in [0.29, 0.717) is 10.8 Å². The molecule has 0 spiro atoms. The molecule has 2 aliphatic rings. The van der Waals surface area contributed by atoms with Crippen LogP contribution in [0.15, 0.2) is 23.3 Å². The lowest BCUT2D eigenvalue weighted by Gasteiger charge is -2.38. The van der Waals surface area contributed by atoms with Gasteiger partial charge >= 0.3 is 0 Å². The smallest absolute Gasteiger partial charge is 0.00824 e. The Balaban J connectivity index is 2.51. The van der Waals surface area contributed by atoms with Crippen LogP contribution in [0.2, 0.25) is 0 Å². The SMILES string of the molecule is CC1=CC(C)(C)C2C(=C1)C(C)(C)CC2C. The standard InChI is InChI=1S/C15H24/c1-10-7-12-13(15(5,6)8-10)11(2)9-14(12,3)4/h7-8,11,13H,9H2,1-6H3. The first-order valence-corrected chi connectivity index (χ1v) is 6.15. The first-order chi connectivity index (χ1) is 6.74. The maximum Gasteiger partial charge on any atom is -0.00824 e. The van der Waals surface area contributed by atoms with Crippen LogP contribution in [0.4, 0.5) is 0 Å². The molecule has 0 aromatic heterocycles. The van der Waals surface area contributed by atoms with Crippen molar-refractivity contribution in [1.29, 1.82) is 0 Å². The number of fused-ring (bicyclic) bond motifs is 1. The third-order valence-corrected chi connectivity index (χ3v) is 4.30. The quantitative estimate of drug-likeness (QED) is 0.542. The van der Waals surface area contributed by atoms with Gasteiger partial charge in [0.25, 0.3) is 0 Å². The molecule has 1 saturated carbocycles. The Kier molecular flexibility index (Phi) is 2.19. The van der Waals surface area contributed by atoms with Gasteiger partial charge in [0, 0.05) is 0 Å². The molecule has 0 heterocycles. The monoisotopic (exact) mass is 204 g/mol. The predicted octanol–water partition coefficient (Wildman–Crippen LogP) is 4.58. The summed E-state index contributed by atoms with van der Waals surface area (Å²) in [6.07, 6.45) is 6.24. The molecule has 0 nitrogen and oxygen atoms in total. The van der Waals surface area contributed by atoms with Crippen molar-refractivity contribution in [1.82, 2.24) is 0 Å². The van der Waals surface area contributed by atoms with Crippen molar-refractivity contribution < 1.29 is 0 Å². The van der Waals surface area contributed by atoms with Crippen LogP contribution in [0.1, 0.15) is 48.0 Å². The molecule has 0 N–H and O–H groups in total. The maximum absolute atomic E-state index is 2.46.